The zero-order valence-electron chi connectivity index (χ0n) is 12.4. The standard InChI is InChI=1S/C15H13ClN2O5S/c16-12-5-3-10(8-13(12)18(21)22)17-14(19)9-23-15(20)6-4-11-2-1-7-24-11/h1-3,5,7-8H,4,6,9H2,(H,17,19). The van der Waals surface area contributed by atoms with E-state index in [9.17, 15) is 19.7 Å². The minimum absolute atomic E-state index is 0.0296. The molecule has 1 N–H and O–H groups in total. The van der Waals surface area contributed by atoms with Crippen LogP contribution in [0.1, 0.15) is 11.3 Å². The molecule has 0 spiro atoms. The number of nitrogens with zero attached hydrogens (tertiary/aromatic N) is 1. The summed E-state index contributed by atoms with van der Waals surface area (Å²) in [6, 6.07) is 7.68. The predicted molar refractivity (Wildman–Crippen MR) is 90.3 cm³/mol. The van der Waals surface area contributed by atoms with Crippen molar-refractivity contribution in [3.05, 3.63) is 55.7 Å². The van der Waals surface area contributed by atoms with Crippen molar-refractivity contribution >= 4 is 46.2 Å². The first kappa shape index (κ1) is 17.9. The second kappa shape index (κ2) is 8.42. The Morgan fingerprint density at radius 1 is 1.33 bits per heavy atom. The molecule has 1 aromatic heterocycles. The van der Waals surface area contributed by atoms with Crippen molar-refractivity contribution in [2.75, 3.05) is 11.9 Å². The number of ether oxygens (including phenoxy) is 1. The van der Waals surface area contributed by atoms with Crippen LogP contribution in [0.2, 0.25) is 5.02 Å². The van der Waals surface area contributed by atoms with E-state index in [1.165, 1.54) is 12.1 Å². The number of carbonyl (C=O) groups excluding carboxylic acids is 2. The van der Waals surface area contributed by atoms with Crippen molar-refractivity contribution in [2.45, 2.75) is 12.8 Å². The van der Waals surface area contributed by atoms with Gasteiger partial charge in [-0.3, -0.25) is 19.7 Å². The van der Waals surface area contributed by atoms with Gasteiger partial charge in [0.1, 0.15) is 5.02 Å². The highest BCUT2D eigenvalue weighted by Gasteiger charge is 2.14. The maximum Gasteiger partial charge on any atom is 0.306 e. The van der Waals surface area contributed by atoms with E-state index < -0.39 is 23.4 Å². The Balaban J connectivity index is 1.79. The molecule has 1 aromatic carbocycles. The summed E-state index contributed by atoms with van der Waals surface area (Å²) in [7, 11) is 0. The number of anilines is 1. The van der Waals surface area contributed by atoms with Crippen molar-refractivity contribution in [3.8, 4) is 0 Å². The van der Waals surface area contributed by atoms with E-state index in [1.54, 1.807) is 11.3 Å². The van der Waals surface area contributed by atoms with Crippen molar-refractivity contribution in [1.82, 2.24) is 0 Å². The Morgan fingerprint density at radius 3 is 2.79 bits per heavy atom. The number of aryl methyl sites for hydroxylation is 1. The summed E-state index contributed by atoms with van der Waals surface area (Å²) in [4.78, 5) is 34.5. The smallest absolute Gasteiger partial charge is 0.306 e. The lowest BCUT2D eigenvalue weighted by Gasteiger charge is -2.07. The normalized spacial score (nSPS) is 10.2. The van der Waals surface area contributed by atoms with Gasteiger partial charge in [-0.15, -0.1) is 11.3 Å². The van der Waals surface area contributed by atoms with Crippen LogP contribution in [-0.2, 0) is 20.7 Å². The van der Waals surface area contributed by atoms with Crippen LogP contribution >= 0.6 is 22.9 Å². The van der Waals surface area contributed by atoms with Crippen LogP contribution < -0.4 is 5.32 Å². The zero-order valence-corrected chi connectivity index (χ0v) is 13.9. The fraction of sp³-hybridized carbons (Fsp3) is 0.200. The Labute approximate surface area is 146 Å². The molecular formula is C15H13ClN2O5S. The number of hydrogen-bond donors (Lipinski definition) is 1. The Hall–Kier alpha value is -2.45. The summed E-state index contributed by atoms with van der Waals surface area (Å²) in [5, 5.41) is 15.1. The van der Waals surface area contributed by atoms with Gasteiger partial charge in [0.2, 0.25) is 0 Å². The minimum Gasteiger partial charge on any atom is -0.456 e. The number of halogens is 1. The van der Waals surface area contributed by atoms with E-state index in [0.717, 1.165) is 10.9 Å². The summed E-state index contributed by atoms with van der Waals surface area (Å²) in [6.07, 6.45) is 0.738. The van der Waals surface area contributed by atoms with Crippen LogP contribution in [0.5, 0.6) is 0 Å². The molecule has 24 heavy (non-hydrogen) atoms. The van der Waals surface area contributed by atoms with Gasteiger partial charge in [-0.25, -0.2) is 0 Å². The average molecular weight is 369 g/mol. The number of nitrogens with one attached hydrogen (secondary N) is 1. The van der Waals surface area contributed by atoms with Gasteiger partial charge >= 0.3 is 5.97 Å². The van der Waals surface area contributed by atoms with E-state index in [1.807, 2.05) is 17.5 Å². The first-order valence-corrected chi connectivity index (χ1v) is 8.13. The highest BCUT2D eigenvalue weighted by Crippen LogP contribution is 2.27. The van der Waals surface area contributed by atoms with Crippen molar-refractivity contribution in [2.24, 2.45) is 0 Å². The van der Waals surface area contributed by atoms with Crippen molar-refractivity contribution in [1.29, 1.82) is 0 Å². The van der Waals surface area contributed by atoms with E-state index in [4.69, 9.17) is 16.3 Å². The monoisotopic (exact) mass is 368 g/mol. The van der Waals surface area contributed by atoms with Crippen LogP contribution in [0.4, 0.5) is 11.4 Å². The largest absolute Gasteiger partial charge is 0.456 e. The van der Waals surface area contributed by atoms with Gasteiger partial charge in [0.05, 0.1) is 11.3 Å². The predicted octanol–water partition coefficient (Wildman–Crippen LogP) is 3.42. The molecule has 1 amide bonds. The van der Waals surface area contributed by atoms with Crippen LogP contribution in [-0.4, -0.2) is 23.4 Å². The van der Waals surface area contributed by atoms with E-state index in [-0.39, 0.29) is 22.8 Å². The molecule has 0 aliphatic carbocycles. The number of hydrogen-bond acceptors (Lipinski definition) is 6. The zero-order chi connectivity index (χ0) is 17.5. The van der Waals surface area contributed by atoms with Crippen molar-refractivity contribution in [3.63, 3.8) is 0 Å². The highest BCUT2D eigenvalue weighted by molar-refractivity contribution is 7.09. The highest BCUT2D eigenvalue weighted by atomic mass is 35.5. The molecule has 9 heteroatoms. The summed E-state index contributed by atoms with van der Waals surface area (Å²) >= 11 is 7.23. The molecule has 0 saturated heterocycles. The number of amides is 1. The second-order valence-electron chi connectivity index (χ2n) is 4.71. The van der Waals surface area contributed by atoms with E-state index in [0.29, 0.717) is 6.42 Å². The topological polar surface area (TPSA) is 98.5 Å². The first-order valence-electron chi connectivity index (χ1n) is 6.87. The molecule has 2 rings (SSSR count). The molecule has 0 bridgehead atoms. The van der Waals surface area contributed by atoms with Crippen LogP contribution in [0.3, 0.4) is 0 Å². The summed E-state index contributed by atoms with van der Waals surface area (Å²) in [6.45, 7) is -0.459. The molecule has 0 aliphatic heterocycles. The maximum atomic E-state index is 11.7. The lowest BCUT2D eigenvalue weighted by molar-refractivity contribution is -0.384. The summed E-state index contributed by atoms with van der Waals surface area (Å²) in [5.41, 5.74) is -0.117. The van der Waals surface area contributed by atoms with Crippen molar-refractivity contribution < 1.29 is 19.2 Å². The molecule has 0 unspecified atom stereocenters. The van der Waals surface area contributed by atoms with E-state index >= 15 is 0 Å². The second-order valence-corrected chi connectivity index (χ2v) is 6.15. The molecule has 1 heterocycles. The molecular weight excluding hydrogens is 356 g/mol. The molecule has 0 fully saturated rings. The first-order chi connectivity index (χ1) is 11.5. The molecule has 0 aliphatic rings. The molecule has 0 radical (unpaired) electrons. The molecule has 0 atom stereocenters. The summed E-state index contributed by atoms with van der Waals surface area (Å²) in [5.74, 6) is -1.07. The summed E-state index contributed by atoms with van der Waals surface area (Å²) < 4.78 is 4.87. The number of carbonyl (C=O) groups is 2. The average Bonchev–Trinajstić information content (AvgIpc) is 3.06. The van der Waals surface area contributed by atoms with E-state index in [2.05, 4.69) is 5.32 Å². The lowest BCUT2D eigenvalue weighted by atomic mass is 10.2. The number of thiophene rings is 1. The number of nitro groups is 1. The molecule has 126 valence electrons. The Morgan fingerprint density at radius 2 is 2.12 bits per heavy atom. The third-order valence-corrected chi connectivity index (χ3v) is 4.20. The fourth-order valence-corrected chi connectivity index (χ4v) is 2.72. The van der Waals surface area contributed by atoms with Gasteiger partial charge in [-0.1, -0.05) is 17.7 Å². The SMILES string of the molecule is O=C(COC(=O)CCc1cccs1)Nc1ccc(Cl)c([N+](=O)[O-])c1. The lowest BCUT2D eigenvalue weighted by Crippen LogP contribution is -2.21. The third-order valence-electron chi connectivity index (χ3n) is 2.95. The number of nitro benzene ring substituents is 1. The number of rotatable bonds is 7. The Bertz CT molecular complexity index is 748. The molecule has 7 nitrogen and oxygen atoms in total. The third kappa shape index (κ3) is 5.32. The quantitative estimate of drug-likeness (QED) is 0.458. The van der Waals surface area contributed by atoms with Crippen LogP contribution in [0.25, 0.3) is 0 Å². The van der Waals surface area contributed by atoms with Crippen LogP contribution in [0, 0.1) is 10.1 Å². The van der Waals surface area contributed by atoms with Gasteiger partial charge in [0, 0.05) is 16.6 Å². The van der Waals surface area contributed by atoms with Gasteiger partial charge < -0.3 is 10.1 Å². The Kier molecular flexibility index (Phi) is 6.28. The maximum absolute atomic E-state index is 11.7. The minimum atomic E-state index is -0.650. The van der Waals surface area contributed by atoms with Gasteiger partial charge in [-0.05, 0) is 30.0 Å². The number of esters is 1. The van der Waals surface area contributed by atoms with Gasteiger partial charge in [0.25, 0.3) is 11.6 Å². The fourth-order valence-electron chi connectivity index (χ4n) is 1.83. The van der Waals surface area contributed by atoms with Gasteiger partial charge in [-0.2, -0.15) is 0 Å². The molecule has 0 saturated carbocycles. The number of benzene rings is 1. The molecule has 2 aromatic rings. The van der Waals surface area contributed by atoms with Crippen LogP contribution in [0.15, 0.2) is 35.7 Å². The van der Waals surface area contributed by atoms with Gasteiger partial charge in [0.15, 0.2) is 6.61 Å².